The summed E-state index contributed by atoms with van der Waals surface area (Å²) in [7, 11) is 0. The summed E-state index contributed by atoms with van der Waals surface area (Å²) >= 11 is 0. The molecule has 0 bridgehead atoms. The van der Waals surface area contributed by atoms with Gasteiger partial charge in [0.05, 0.1) is 0 Å². The molecule has 0 unspecified atom stereocenters. The third-order valence-corrected chi connectivity index (χ3v) is 6.76. The molecule has 39 heavy (non-hydrogen) atoms. The van der Waals surface area contributed by atoms with Crippen LogP contribution in [0.1, 0.15) is 63.1 Å². The second-order valence-corrected chi connectivity index (χ2v) is 11.2. The van der Waals surface area contributed by atoms with Crippen molar-refractivity contribution < 1.29 is 19.1 Å². The first-order valence-electron chi connectivity index (χ1n) is 13.9. The van der Waals surface area contributed by atoms with Crippen molar-refractivity contribution in [1.29, 1.82) is 0 Å². The second kappa shape index (κ2) is 13.3. The summed E-state index contributed by atoms with van der Waals surface area (Å²) in [5.41, 5.74) is 3.34. The third-order valence-electron chi connectivity index (χ3n) is 6.76. The number of hydrogen-bond acceptors (Lipinski definition) is 4. The van der Waals surface area contributed by atoms with Gasteiger partial charge in [-0.15, -0.1) is 0 Å². The highest BCUT2D eigenvalue weighted by molar-refractivity contribution is 5.92. The van der Waals surface area contributed by atoms with E-state index >= 15 is 0 Å². The molecule has 4 rings (SSSR count). The zero-order chi connectivity index (χ0) is 27.7. The maximum absolute atomic E-state index is 13.0. The third kappa shape index (κ3) is 9.17. The van der Waals surface area contributed by atoms with Gasteiger partial charge in [-0.3, -0.25) is 4.79 Å². The van der Waals surface area contributed by atoms with Gasteiger partial charge in [0.1, 0.15) is 18.0 Å². The van der Waals surface area contributed by atoms with Crippen LogP contribution in [0.2, 0.25) is 0 Å². The lowest BCUT2D eigenvalue weighted by molar-refractivity contribution is -0.119. The molecule has 3 aromatic carbocycles. The molecular formula is C33H40N2O4. The Balaban J connectivity index is 1.37. The topological polar surface area (TPSA) is 67.9 Å². The van der Waals surface area contributed by atoms with Crippen molar-refractivity contribution in [3.05, 3.63) is 95.6 Å². The molecular weight excluding hydrogens is 488 g/mol. The van der Waals surface area contributed by atoms with Gasteiger partial charge in [0, 0.05) is 24.7 Å². The Bertz CT molecular complexity index is 1230. The standard InChI is InChI=1S/C33H40N2O4/c1-33(2,3)39-32(37)35(20-19-25-11-5-4-6-12-25)23-26-13-10-18-30(22-26)38-24-27-14-9-17-29(21-27)34-31(36)28-15-7-8-16-28/h4-6,9-14,17-18,21-22,28H,7-8,15-16,19-20,23-24H2,1-3H3,(H,34,36). The van der Waals surface area contributed by atoms with Crippen LogP contribution < -0.4 is 10.1 Å². The van der Waals surface area contributed by atoms with E-state index in [1.54, 1.807) is 4.90 Å². The number of hydrogen-bond donors (Lipinski definition) is 1. The molecule has 1 aliphatic rings. The van der Waals surface area contributed by atoms with E-state index in [-0.39, 0.29) is 17.9 Å². The van der Waals surface area contributed by atoms with Crippen molar-refractivity contribution in [3.8, 4) is 5.75 Å². The van der Waals surface area contributed by atoms with Crippen molar-refractivity contribution in [2.45, 2.75) is 71.6 Å². The van der Waals surface area contributed by atoms with Crippen LogP contribution in [0.25, 0.3) is 0 Å². The Morgan fingerprint density at radius 3 is 2.31 bits per heavy atom. The number of nitrogens with one attached hydrogen (secondary N) is 1. The summed E-state index contributed by atoms with van der Waals surface area (Å²) in [6.07, 6.45) is 4.62. The van der Waals surface area contributed by atoms with Crippen LogP contribution in [0.5, 0.6) is 5.75 Å². The van der Waals surface area contributed by atoms with Crippen molar-refractivity contribution in [2.24, 2.45) is 5.92 Å². The molecule has 3 aromatic rings. The van der Waals surface area contributed by atoms with E-state index in [1.165, 1.54) is 5.56 Å². The van der Waals surface area contributed by atoms with E-state index in [0.717, 1.165) is 54.7 Å². The summed E-state index contributed by atoms with van der Waals surface area (Å²) in [6.45, 7) is 6.98. The first kappa shape index (κ1) is 28.2. The lowest BCUT2D eigenvalue weighted by Crippen LogP contribution is -2.37. The first-order chi connectivity index (χ1) is 18.7. The number of benzene rings is 3. The molecule has 0 aromatic heterocycles. The Hall–Kier alpha value is -3.80. The van der Waals surface area contributed by atoms with Crippen LogP contribution in [-0.2, 0) is 29.1 Å². The lowest BCUT2D eigenvalue weighted by atomic mass is 10.1. The van der Waals surface area contributed by atoms with E-state index in [2.05, 4.69) is 17.4 Å². The molecule has 206 valence electrons. The molecule has 0 heterocycles. The SMILES string of the molecule is CC(C)(C)OC(=O)N(CCc1ccccc1)Cc1cccc(OCc2cccc(NC(=O)C3CCCC3)c2)c1. The largest absolute Gasteiger partial charge is 0.489 e. The first-order valence-corrected chi connectivity index (χ1v) is 13.9. The van der Waals surface area contributed by atoms with E-state index in [0.29, 0.717) is 19.7 Å². The Morgan fingerprint density at radius 2 is 1.56 bits per heavy atom. The maximum atomic E-state index is 13.0. The van der Waals surface area contributed by atoms with Gasteiger partial charge in [0.2, 0.25) is 5.91 Å². The molecule has 0 spiro atoms. The van der Waals surface area contributed by atoms with Gasteiger partial charge < -0.3 is 19.7 Å². The van der Waals surface area contributed by atoms with Crippen molar-refractivity contribution in [1.82, 2.24) is 4.90 Å². The number of anilines is 1. The molecule has 1 aliphatic carbocycles. The Labute approximate surface area is 232 Å². The van der Waals surface area contributed by atoms with Gasteiger partial charge in [-0.1, -0.05) is 67.4 Å². The molecule has 0 radical (unpaired) electrons. The smallest absolute Gasteiger partial charge is 0.410 e. The highest BCUT2D eigenvalue weighted by atomic mass is 16.6. The Morgan fingerprint density at radius 1 is 0.872 bits per heavy atom. The minimum atomic E-state index is -0.571. The van der Waals surface area contributed by atoms with E-state index in [4.69, 9.17) is 9.47 Å². The highest BCUT2D eigenvalue weighted by Gasteiger charge is 2.23. The van der Waals surface area contributed by atoms with E-state index in [9.17, 15) is 9.59 Å². The molecule has 0 aliphatic heterocycles. The lowest BCUT2D eigenvalue weighted by Gasteiger charge is -2.27. The minimum absolute atomic E-state index is 0.111. The predicted octanol–water partition coefficient (Wildman–Crippen LogP) is 7.37. The zero-order valence-electron chi connectivity index (χ0n) is 23.3. The number of amides is 2. The van der Waals surface area contributed by atoms with Gasteiger partial charge in [0.25, 0.3) is 0 Å². The van der Waals surface area contributed by atoms with Gasteiger partial charge in [-0.05, 0) is 81.0 Å². The summed E-state index contributed by atoms with van der Waals surface area (Å²) < 4.78 is 11.8. The normalized spacial score (nSPS) is 13.6. The van der Waals surface area contributed by atoms with E-state index < -0.39 is 5.60 Å². The summed E-state index contributed by atoms with van der Waals surface area (Å²) in [4.78, 5) is 27.3. The van der Waals surface area contributed by atoms with Gasteiger partial charge in [-0.25, -0.2) is 4.79 Å². The van der Waals surface area contributed by atoms with Crippen LogP contribution in [-0.4, -0.2) is 29.0 Å². The number of rotatable bonds is 10. The number of nitrogens with zero attached hydrogens (tertiary/aromatic N) is 1. The zero-order valence-corrected chi connectivity index (χ0v) is 23.3. The van der Waals surface area contributed by atoms with Crippen LogP contribution in [0.15, 0.2) is 78.9 Å². The fourth-order valence-electron chi connectivity index (χ4n) is 4.76. The predicted molar refractivity (Wildman–Crippen MR) is 155 cm³/mol. The number of ether oxygens (including phenoxy) is 2. The summed E-state index contributed by atoms with van der Waals surface area (Å²) in [5.74, 6) is 0.959. The second-order valence-electron chi connectivity index (χ2n) is 11.2. The molecule has 1 saturated carbocycles. The quantitative estimate of drug-likeness (QED) is 0.298. The van der Waals surface area contributed by atoms with Gasteiger partial charge in [-0.2, -0.15) is 0 Å². The molecule has 2 amide bonds. The van der Waals surface area contributed by atoms with Gasteiger partial charge in [0.15, 0.2) is 0 Å². The molecule has 0 saturated heterocycles. The van der Waals surface area contributed by atoms with Crippen LogP contribution >= 0.6 is 0 Å². The number of carbonyl (C=O) groups excluding carboxylic acids is 2. The highest BCUT2D eigenvalue weighted by Crippen LogP contribution is 2.26. The maximum Gasteiger partial charge on any atom is 0.410 e. The van der Waals surface area contributed by atoms with Gasteiger partial charge >= 0.3 is 6.09 Å². The molecule has 6 heteroatoms. The molecule has 1 fully saturated rings. The molecule has 0 atom stereocenters. The Kier molecular flexibility index (Phi) is 9.64. The molecule has 1 N–H and O–H groups in total. The summed E-state index contributed by atoms with van der Waals surface area (Å²) in [5, 5.41) is 3.06. The summed E-state index contributed by atoms with van der Waals surface area (Å²) in [6, 6.07) is 25.7. The van der Waals surface area contributed by atoms with Crippen LogP contribution in [0.4, 0.5) is 10.5 Å². The van der Waals surface area contributed by atoms with Crippen molar-refractivity contribution in [2.75, 3.05) is 11.9 Å². The fourth-order valence-corrected chi connectivity index (χ4v) is 4.76. The molecule has 6 nitrogen and oxygen atoms in total. The van der Waals surface area contributed by atoms with E-state index in [1.807, 2.05) is 87.5 Å². The number of carbonyl (C=O) groups is 2. The van der Waals surface area contributed by atoms with Crippen LogP contribution in [0.3, 0.4) is 0 Å². The monoisotopic (exact) mass is 528 g/mol. The fraction of sp³-hybridized carbons (Fsp3) is 0.394. The minimum Gasteiger partial charge on any atom is -0.489 e. The average molecular weight is 529 g/mol. The van der Waals surface area contributed by atoms with Crippen LogP contribution in [0, 0.1) is 5.92 Å². The van der Waals surface area contributed by atoms with Crippen molar-refractivity contribution >= 4 is 17.7 Å². The average Bonchev–Trinajstić information content (AvgIpc) is 3.45. The van der Waals surface area contributed by atoms with Crippen molar-refractivity contribution in [3.63, 3.8) is 0 Å².